The highest BCUT2D eigenvalue weighted by atomic mass is 15.3. The van der Waals surface area contributed by atoms with Gasteiger partial charge in [-0.3, -0.25) is 4.68 Å². The van der Waals surface area contributed by atoms with Crippen molar-refractivity contribution in [2.24, 2.45) is 12.8 Å². The summed E-state index contributed by atoms with van der Waals surface area (Å²) in [6, 6.07) is 0. The molecule has 0 amide bonds. The van der Waals surface area contributed by atoms with Crippen molar-refractivity contribution in [3.8, 4) is 11.8 Å². The summed E-state index contributed by atoms with van der Waals surface area (Å²) in [5, 5.41) is 4.43. The van der Waals surface area contributed by atoms with E-state index in [1.165, 1.54) is 5.69 Å². The summed E-state index contributed by atoms with van der Waals surface area (Å²) in [5.41, 5.74) is 8.71. The van der Waals surface area contributed by atoms with Crippen molar-refractivity contribution in [2.75, 3.05) is 6.54 Å². The first-order valence-corrected chi connectivity index (χ1v) is 4.98. The van der Waals surface area contributed by atoms with E-state index in [2.05, 4.69) is 30.8 Å². The Hall–Kier alpha value is -1.27. The van der Waals surface area contributed by atoms with Crippen LogP contribution >= 0.6 is 0 Å². The van der Waals surface area contributed by atoms with Gasteiger partial charge in [-0.15, -0.1) is 0 Å². The van der Waals surface area contributed by atoms with Gasteiger partial charge in [0.2, 0.25) is 0 Å². The minimum absolute atomic E-state index is 0.404. The second-order valence-corrected chi connectivity index (χ2v) is 3.11. The van der Waals surface area contributed by atoms with Gasteiger partial charge in [0, 0.05) is 7.05 Å². The lowest BCUT2D eigenvalue weighted by atomic mass is 10.1. The fourth-order valence-electron chi connectivity index (χ4n) is 1.56. The highest BCUT2D eigenvalue weighted by Crippen LogP contribution is 2.13. The van der Waals surface area contributed by atoms with Crippen LogP contribution in [0.3, 0.4) is 0 Å². The van der Waals surface area contributed by atoms with Gasteiger partial charge in [-0.25, -0.2) is 0 Å². The minimum atomic E-state index is 0.404. The minimum Gasteiger partial charge on any atom is -0.320 e. The zero-order valence-corrected chi connectivity index (χ0v) is 9.09. The maximum absolute atomic E-state index is 5.37. The van der Waals surface area contributed by atoms with E-state index < -0.39 is 0 Å². The molecule has 1 rings (SSSR count). The Bertz CT molecular complexity index is 366. The number of aryl methyl sites for hydroxylation is 2. The third-order valence-corrected chi connectivity index (χ3v) is 2.22. The van der Waals surface area contributed by atoms with E-state index in [1.807, 2.05) is 11.7 Å². The highest BCUT2D eigenvalue weighted by molar-refractivity contribution is 5.42. The Morgan fingerprint density at radius 2 is 2.07 bits per heavy atom. The van der Waals surface area contributed by atoms with Gasteiger partial charge in [-0.1, -0.05) is 25.7 Å². The molecule has 0 aliphatic heterocycles. The summed E-state index contributed by atoms with van der Waals surface area (Å²) in [4.78, 5) is 0. The van der Waals surface area contributed by atoms with Gasteiger partial charge in [0.1, 0.15) is 0 Å². The second-order valence-electron chi connectivity index (χ2n) is 3.11. The molecule has 14 heavy (non-hydrogen) atoms. The lowest BCUT2D eigenvalue weighted by Crippen LogP contribution is -1.97. The molecule has 0 atom stereocenters. The monoisotopic (exact) mass is 191 g/mol. The molecule has 3 heteroatoms. The normalized spacial score (nSPS) is 9.71. The van der Waals surface area contributed by atoms with Crippen LogP contribution in [0.4, 0.5) is 0 Å². The predicted molar refractivity (Wildman–Crippen MR) is 57.9 cm³/mol. The fourth-order valence-corrected chi connectivity index (χ4v) is 1.56. The third-order valence-electron chi connectivity index (χ3n) is 2.22. The topological polar surface area (TPSA) is 43.8 Å². The van der Waals surface area contributed by atoms with E-state index in [9.17, 15) is 0 Å². The number of hydrogen-bond donors (Lipinski definition) is 1. The molecule has 0 fully saturated rings. The van der Waals surface area contributed by atoms with E-state index in [0.29, 0.717) is 6.54 Å². The molecule has 1 aromatic rings. The van der Waals surface area contributed by atoms with Gasteiger partial charge in [-0.2, -0.15) is 5.10 Å². The maximum Gasteiger partial charge on any atom is 0.0781 e. The van der Waals surface area contributed by atoms with Crippen LogP contribution in [0.1, 0.15) is 30.8 Å². The Morgan fingerprint density at radius 1 is 1.36 bits per heavy atom. The number of nitrogens with zero attached hydrogens (tertiary/aromatic N) is 2. The van der Waals surface area contributed by atoms with Gasteiger partial charge in [0.05, 0.1) is 23.5 Å². The Labute approximate surface area is 85.3 Å². The first-order valence-electron chi connectivity index (χ1n) is 4.98. The quantitative estimate of drug-likeness (QED) is 0.704. The molecule has 2 N–H and O–H groups in total. The van der Waals surface area contributed by atoms with Gasteiger partial charge >= 0.3 is 0 Å². The molecule has 0 bridgehead atoms. The van der Waals surface area contributed by atoms with Crippen LogP contribution in [0.2, 0.25) is 0 Å². The van der Waals surface area contributed by atoms with E-state index in [-0.39, 0.29) is 0 Å². The first kappa shape index (κ1) is 10.8. The molecule has 0 spiro atoms. The zero-order valence-electron chi connectivity index (χ0n) is 9.09. The Kier molecular flexibility index (Phi) is 3.73. The number of hydrogen-bond acceptors (Lipinski definition) is 2. The summed E-state index contributed by atoms with van der Waals surface area (Å²) in [7, 11) is 1.96. The summed E-state index contributed by atoms with van der Waals surface area (Å²) >= 11 is 0. The van der Waals surface area contributed by atoms with Crippen molar-refractivity contribution in [1.82, 2.24) is 9.78 Å². The zero-order chi connectivity index (χ0) is 10.6. The molecular formula is C11H17N3. The van der Waals surface area contributed by atoms with E-state index in [1.54, 1.807) is 0 Å². The molecule has 0 saturated carbocycles. The van der Waals surface area contributed by atoms with E-state index >= 15 is 0 Å². The van der Waals surface area contributed by atoms with E-state index in [0.717, 1.165) is 24.1 Å². The van der Waals surface area contributed by atoms with Gasteiger partial charge in [-0.05, 0) is 12.8 Å². The molecule has 0 saturated heterocycles. The van der Waals surface area contributed by atoms with Crippen molar-refractivity contribution in [2.45, 2.75) is 26.7 Å². The standard InChI is InChI=1S/C11H17N3/c1-4-10-9(7-6-8-12)11(5-2)14(3)13-10/h4-5,8,12H2,1-3H3. The van der Waals surface area contributed by atoms with Gasteiger partial charge in [0.25, 0.3) is 0 Å². The fraction of sp³-hybridized carbons (Fsp3) is 0.545. The smallest absolute Gasteiger partial charge is 0.0781 e. The number of aromatic nitrogens is 2. The van der Waals surface area contributed by atoms with Gasteiger partial charge in [0.15, 0.2) is 0 Å². The molecule has 0 unspecified atom stereocenters. The average Bonchev–Trinajstić information content (AvgIpc) is 2.50. The molecule has 1 aromatic heterocycles. The number of nitrogens with two attached hydrogens (primary N) is 1. The van der Waals surface area contributed by atoms with Crippen molar-refractivity contribution in [3.63, 3.8) is 0 Å². The van der Waals surface area contributed by atoms with Crippen LogP contribution in [-0.4, -0.2) is 16.3 Å². The predicted octanol–water partition coefficient (Wildman–Crippen LogP) is 0.855. The van der Waals surface area contributed by atoms with Crippen molar-refractivity contribution >= 4 is 0 Å². The van der Waals surface area contributed by atoms with Crippen LogP contribution in [0.5, 0.6) is 0 Å². The van der Waals surface area contributed by atoms with Crippen LogP contribution in [0.15, 0.2) is 0 Å². The lowest BCUT2D eigenvalue weighted by molar-refractivity contribution is 0.704. The van der Waals surface area contributed by atoms with Gasteiger partial charge < -0.3 is 5.73 Å². The Balaban J connectivity index is 3.20. The van der Waals surface area contributed by atoms with Crippen LogP contribution in [0.25, 0.3) is 0 Å². The van der Waals surface area contributed by atoms with Crippen molar-refractivity contribution < 1.29 is 0 Å². The van der Waals surface area contributed by atoms with Crippen molar-refractivity contribution in [1.29, 1.82) is 0 Å². The molecule has 1 heterocycles. The SMILES string of the molecule is CCc1nn(C)c(CC)c1C#CCN. The summed E-state index contributed by atoms with van der Waals surface area (Å²) < 4.78 is 1.92. The van der Waals surface area contributed by atoms with Crippen LogP contribution in [-0.2, 0) is 19.9 Å². The summed E-state index contributed by atoms with van der Waals surface area (Å²) in [5.74, 6) is 6.00. The molecule has 0 aromatic carbocycles. The maximum atomic E-state index is 5.37. The molecular weight excluding hydrogens is 174 g/mol. The third kappa shape index (κ3) is 1.97. The summed E-state index contributed by atoms with van der Waals surface area (Å²) in [6.45, 7) is 4.61. The van der Waals surface area contributed by atoms with Crippen LogP contribution in [0, 0.1) is 11.8 Å². The van der Waals surface area contributed by atoms with E-state index in [4.69, 9.17) is 5.73 Å². The molecule has 3 nitrogen and oxygen atoms in total. The molecule has 76 valence electrons. The second kappa shape index (κ2) is 4.83. The molecule has 0 aliphatic rings. The molecule has 0 radical (unpaired) electrons. The Morgan fingerprint density at radius 3 is 2.57 bits per heavy atom. The number of rotatable bonds is 2. The summed E-state index contributed by atoms with van der Waals surface area (Å²) in [6.07, 6.45) is 1.88. The first-order chi connectivity index (χ1) is 6.74. The largest absolute Gasteiger partial charge is 0.320 e. The highest BCUT2D eigenvalue weighted by Gasteiger charge is 2.10. The van der Waals surface area contributed by atoms with Crippen LogP contribution < -0.4 is 5.73 Å². The molecule has 0 aliphatic carbocycles. The average molecular weight is 191 g/mol. The lowest BCUT2D eigenvalue weighted by Gasteiger charge is -1.96. The van der Waals surface area contributed by atoms with Crippen molar-refractivity contribution in [3.05, 3.63) is 17.0 Å².